The SMILES string of the molecule is O=[N+]([O-])c1ccc(-c2ccccc2-c2nnn[nH]2)cc1NCc1ccccc1. The normalized spacial score (nSPS) is 10.6. The Kier molecular flexibility index (Phi) is 4.75. The molecule has 0 aliphatic heterocycles. The predicted octanol–water partition coefficient (Wildman–Crippen LogP) is 4.05. The summed E-state index contributed by atoms with van der Waals surface area (Å²) in [5.74, 6) is 0.535. The maximum absolute atomic E-state index is 11.5. The first-order chi connectivity index (χ1) is 13.7. The van der Waals surface area contributed by atoms with Gasteiger partial charge in [-0.3, -0.25) is 10.1 Å². The molecule has 0 saturated heterocycles. The number of aromatic amines is 1. The molecule has 0 bridgehead atoms. The molecule has 0 unspecified atom stereocenters. The third-order valence-corrected chi connectivity index (χ3v) is 4.36. The summed E-state index contributed by atoms with van der Waals surface area (Å²) in [6.45, 7) is 0.485. The number of H-pyrrole nitrogens is 1. The number of rotatable bonds is 6. The van der Waals surface area contributed by atoms with Crippen LogP contribution in [0.5, 0.6) is 0 Å². The van der Waals surface area contributed by atoms with Gasteiger partial charge in [0.25, 0.3) is 5.69 Å². The average Bonchev–Trinajstić information content (AvgIpc) is 3.27. The first-order valence-electron chi connectivity index (χ1n) is 8.62. The first kappa shape index (κ1) is 17.3. The molecule has 8 nitrogen and oxygen atoms in total. The van der Waals surface area contributed by atoms with Gasteiger partial charge in [0.05, 0.1) is 4.92 Å². The molecule has 138 valence electrons. The summed E-state index contributed by atoms with van der Waals surface area (Å²) in [7, 11) is 0. The number of nitro groups is 1. The van der Waals surface area contributed by atoms with E-state index in [0.717, 1.165) is 22.3 Å². The maximum Gasteiger partial charge on any atom is 0.292 e. The summed E-state index contributed by atoms with van der Waals surface area (Å²) in [5.41, 5.74) is 4.04. The highest BCUT2D eigenvalue weighted by Gasteiger charge is 2.17. The summed E-state index contributed by atoms with van der Waals surface area (Å²) in [6, 6.07) is 22.4. The Morgan fingerprint density at radius 3 is 2.43 bits per heavy atom. The molecule has 1 heterocycles. The van der Waals surface area contributed by atoms with Gasteiger partial charge in [-0.2, -0.15) is 0 Å². The predicted molar refractivity (Wildman–Crippen MR) is 105 cm³/mol. The zero-order valence-electron chi connectivity index (χ0n) is 14.7. The van der Waals surface area contributed by atoms with Crippen LogP contribution in [0.4, 0.5) is 11.4 Å². The van der Waals surface area contributed by atoms with Crippen LogP contribution in [0, 0.1) is 10.1 Å². The van der Waals surface area contributed by atoms with Gasteiger partial charge in [0.1, 0.15) is 5.69 Å². The lowest BCUT2D eigenvalue weighted by Gasteiger charge is -2.11. The first-order valence-corrected chi connectivity index (χ1v) is 8.62. The molecule has 0 aliphatic rings. The molecule has 0 atom stereocenters. The monoisotopic (exact) mass is 372 g/mol. The second kappa shape index (κ2) is 7.67. The van der Waals surface area contributed by atoms with E-state index in [1.165, 1.54) is 6.07 Å². The fourth-order valence-electron chi connectivity index (χ4n) is 3.01. The quantitative estimate of drug-likeness (QED) is 0.390. The van der Waals surface area contributed by atoms with Gasteiger partial charge in [-0.25, -0.2) is 5.10 Å². The Morgan fingerprint density at radius 2 is 1.71 bits per heavy atom. The summed E-state index contributed by atoms with van der Waals surface area (Å²) in [4.78, 5) is 11.1. The molecule has 3 aromatic carbocycles. The van der Waals surface area contributed by atoms with Crippen LogP contribution in [0.1, 0.15) is 5.56 Å². The molecule has 0 radical (unpaired) electrons. The van der Waals surface area contributed by atoms with Crippen molar-refractivity contribution in [2.24, 2.45) is 0 Å². The van der Waals surface area contributed by atoms with Gasteiger partial charge in [0, 0.05) is 18.2 Å². The molecule has 0 amide bonds. The lowest BCUT2D eigenvalue weighted by molar-refractivity contribution is -0.384. The number of hydrogen-bond donors (Lipinski definition) is 2. The molecule has 4 rings (SSSR count). The molecule has 0 aliphatic carbocycles. The van der Waals surface area contributed by atoms with E-state index in [-0.39, 0.29) is 10.6 Å². The minimum absolute atomic E-state index is 0.0264. The van der Waals surface area contributed by atoms with Crippen LogP contribution >= 0.6 is 0 Å². The third-order valence-electron chi connectivity index (χ3n) is 4.36. The van der Waals surface area contributed by atoms with Gasteiger partial charge in [-0.1, -0.05) is 54.6 Å². The van der Waals surface area contributed by atoms with Crippen LogP contribution in [0.25, 0.3) is 22.5 Å². The standard InChI is InChI=1S/C20H16N6O2/c27-26(28)19-11-10-15(12-18(19)21-13-14-6-2-1-3-7-14)16-8-4-5-9-17(16)20-22-24-25-23-20/h1-12,21H,13H2,(H,22,23,24,25). The van der Waals surface area contributed by atoms with Gasteiger partial charge in [0.2, 0.25) is 0 Å². The van der Waals surface area contributed by atoms with Gasteiger partial charge in [-0.05, 0) is 39.2 Å². The number of hydrogen-bond acceptors (Lipinski definition) is 6. The maximum atomic E-state index is 11.5. The summed E-state index contributed by atoms with van der Waals surface area (Å²) >= 11 is 0. The molecule has 1 aromatic heterocycles. The van der Waals surface area contributed by atoms with Crippen LogP contribution in [-0.4, -0.2) is 25.5 Å². The lowest BCUT2D eigenvalue weighted by Crippen LogP contribution is -2.03. The summed E-state index contributed by atoms with van der Waals surface area (Å²) in [6.07, 6.45) is 0. The molecule has 28 heavy (non-hydrogen) atoms. The van der Waals surface area contributed by atoms with Crippen molar-refractivity contribution in [2.75, 3.05) is 5.32 Å². The largest absolute Gasteiger partial charge is 0.375 e. The number of benzene rings is 3. The van der Waals surface area contributed by atoms with E-state index >= 15 is 0 Å². The molecular weight excluding hydrogens is 356 g/mol. The summed E-state index contributed by atoms with van der Waals surface area (Å²) in [5, 5.41) is 28.6. The molecule has 0 fully saturated rings. The minimum Gasteiger partial charge on any atom is -0.375 e. The average molecular weight is 372 g/mol. The molecule has 4 aromatic rings. The Morgan fingerprint density at radius 1 is 0.964 bits per heavy atom. The topological polar surface area (TPSA) is 110 Å². The van der Waals surface area contributed by atoms with E-state index in [1.807, 2.05) is 54.6 Å². The summed E-state index contributed by atoms with van der Waals surface area (Å²) < 4.78 is 0. The van der Waals surface area contributed by atoms with Crippen molar-refractivity contribution in [1.82, 2.24) is 20.6 Å². The highest BCUT2D eigenvalue weighted by atomic mass is 16.6. The smallest absolute Gasteiger partial charge is 0.292 e. The van der Waals surface area contributed by atoms with Crippen molar-refractivity contribution in [3.05, 3.63) is 88.5 Å². The number of tetrazole rings is 1. The second-order valence-electron chi connectivity index (χ2n) is 6.12. The zero-order valence-corrected chi connectivity index (χ0v) is 14.7. The Bertz CT molecular complexity index is 1100. The van der Waals surface area contributed by atoms with Crippen molar-refractivity contribution in [3.8, 4) is 22.5 Å². The molecular formula is C20H16N6O2. The van der Waals surface area contributed by atoms with Crippen LogP contribution in [0.2, 0.25) is 0 Å². The minimum atomic E-state index is -0.386. The van der Waals surface area contributed by atoms with E-state index in [4.69, 9.17) is 0 Å². The van der Waals surface area contributed by atoms with Crippen molar-refractivity contribution in [3.63, 3.8) is 0 Å². The molecule has 8 heteroatoms. The number of anilines is 1. The highest BCUT2D eigenvalue weighted by Crippen LogP contribution is 2.35. The van der Waals surface area contributed by atoms with E-state index in [9.17, 15) is 10.1 Å². The van der Waals surface area contributed by atoms with E-state index in [0.29, 0.717) is 18.1 Å². The number of aromatic nitrogens is 4. The van der Waals surface area contributed by atoms with Crippen LogP contribution < -0.4 is 5.32 Å². The fourth-order valence-corrected chi connectivity index (χ4v) is 3.01. The van der Waals surface area contributed by atoms with Gasteiger partial charge in [0.15, 0.2) is 5.82 Å². The molecule has 0 spiro atoms. The van der Waals surface area contributed by atoms with Crippen LogP contribution in [0.15, 0.2) is 72.8 Å². The van der Waals surface area contributed by atoms with E-state index in [1.54, 1.807) is 12.1 Å². The van der Waals surface area contributed by atoms with Crippen molar-refractivity contribution in [2.45, 2.75) is 6.54 Å². The highest BCUT2D eigenvalue weighted by molar-refractivity contribution is 5.83. The second-order valence-corrected chi connectivity index (χ2v) is 6.12. The van der Waals surface area contributed by atoms with Gasteiger partial charge in [-0.15, -0.1) is 5.10 Å². The lowest BCUT2D eigenvalue weighted by atomic mass is 9.98. The van der Waals surface area contributed by atoms with Crippen LogP contribution in [-0.2, 0) is 6.54 Å². The van der Waals surface area contributed by atoms with E-state index in [2.05, 4.69) is 25.9 Å². The number of nitrogens with one attached hydrogen (secondary N) is 2. The number of nitrogens with zero attached hydrogens (tertiary/aromatic N) is 4. The van der Waals surface area contributed by atoms with Crippen LogP contribution in [0.3, 0.4) is 0 Å². The van der Waals surface area contributed by atoms with Crippen molar-refractivity contribution in [1.29, 1.82) is 0 Å². The fraction of sp³-hybridized carbons (Fsp3) is 0.0500. The van der Waals surface area contributed by atoms with E-state index < -0.39 is 0 Å². The Labute approximate surface area is 160 Å². The Balaban J connectivity index is 1.73. The van der Waals surface area contributed by atoms with Gasteiger partial charge >= 0.3 is 0 Å². The van der Waals surface area contributed by atoms with Crippen molar-refractivity contribution < 1.29 is 4.92 Å². The molecule has 0 saturated carbocycles. The van der Waals surface area contributed by atoms with Gasteiger partial charge < -0.3 is 5.32 Å². The third kappa shape index (κ3) is 3.56. The Hall–Kier alpha value is -4.07. The molecule has 2 N–H and O–H groups in total. The van der Waals surface area contributed by atoms with Crippen molar-refractivity contribution >= 4 is 11.4 Å². The number of nitro benzene ring substituents is 1. The zero-order chi connectivity index (χ0) is 19.3.